The molecule has 25 heavy (non-hydrogen) atoms. The predicted octanol–water partition coefficient (Wildman–Crippen LogP) is 2.22. The third kappa shape index (κ3) is 2.50. The van der Waals surface area contributed by atoms with Crippen LogP contribution in [0.1, 0.15) is 0 Å². The maximum atomic E-state index is 5.90. The predicted molar refractivity (Wildman–Crippen MR) is 96.9 cm³/mol. The first-order chi connectivity index (χ1) is 12.2. The van der Waals surface area contributed by atoms with Gasteiger partial charge in [-0.15, -0.1) is 0 Å². The summed E-state index contributed by atoms with van der Waals surface area (Å²) >= 11 is 5.90. The number of nitrogens with zero attached hydrogens (tertiary/aromatic N) is 6. The molecule has 7 nitrogen and oxygen atoms in total. The van der Waals surface area contributed by atoms with E-state index in [1.165, 1.54) is 0 Å². The Morgan fingerprint density at radius 2 is 2.08 bits per heavy atom. The van der Waals surface area contributed by atoms with Gasteiger partial charge in [-0.3, -0.25) is 0 Å². The van der Waals surface area contributed by atoms with Crippen LogP contribution < -0.4 is 9.80 Å². The van der Waals surface area contributed by atoms with Gasteiger partial charge in [0.15, 0.2) is 0 Å². The van der Waals surface area contributed by atoms with E-state index in [-0.39, 0.29) is 0 Å². The lowest BCUT2D eigenvalue weighted by Crippen LogP contribution is -2.29. The summed E-state index contributed by atoms with van der Waals surface area (Å²) in [5, 5.41) is 1.39. The molecule has 2 aliphatic rings. The molecule has 1 aliphatic carbocycles. The highest BCUT2D eigenvalue weighted by Crippen LogP contribution is 2.52. The first kappa shape index (κ1) is 14.9. The number of hydrogen-bond donors (Lipinski definition) is 1. The molecule has 2 unspecified atom stereocenters. The molecule has 1 N–H and O–H groups in total. The summed E-state index contributed by atoms with van der Waals surface area (Å²) in [6.07, 6.45) is 5.25. The Hall–Kier alpha value is -2.41. The number of nitrogens with one attached hydrogen (secondary N) is 1. The molecule has 2 atom stereocenters. The maximum absolute atomic E-state index is 5.90. The van der Waals surface area contributed by atoms with E-state index < -0.39 is 0 Å². The fraction of sp³-hybridized carbons (Fsp3) is 0.412. The molecule has 128 valence electrons. The van der Waals surface area contributed by atoms with E-state index >= 15 is 0 Å². The van der Waals surface area contributed by atoms with Crippen LogP contribution in [-0.4, -0.2) is 51.6 Å². The molecule has 2 fully saturated rings. The van der Waals surface area contributed by atoms with Gasteiger partial charge in [0.25, 0.3) is 0 Å². The molecule has 0 bridgehead atoms. The molecular weight excluding hydrogens is 338 g/mol. The fourth-order valence-corrected chi connectivity index (χ4v) is 4.32. The van der Waals surface area contributed by atoms with Gasteiger partial charge in [0.1, 0.15) is 23.6 Å². The Morgan fingerprint density at radius 1 is 1.24 bits per heavy atom. The SMILES string of the molecule is CN(CC1C2CN(c3ccnc(Cl)n3)CC12)c1ncnc2[nH]ccc12. The van der Waals surface area contributed by atoms with Crippen molar-refractivity contribution >= 4 is 34.3 Å². The van der Waals surface area contributed by atoms with Crippen molar-refractivity contribution < 1.29 is 0 Å². The number of rotatable bonds is 4. The van der Waals surface area contributed by atoms with Crippen molar-refractivity contribution in [2.24, 2.45) is 17.8 Å². The minimum Gasteiger partial charge on any atom is -0.359 e. The monoisotopic (exact) mass is 355 g/mol. The van der Waals surface area contributed by atoms with Crippen molar-refractivity contribution in [1.29, 1.82) is 0 Å². The van der Waals surface area contributed by atoms with Crippen LogP contribution in [0.4, 0.5) is 11.6 Å². The third-order valence-corrected chi connectivity index (χ3v) is 5.67. The van der Waals surface area contributed by atoms with E-state index in [0.29, 0.717) is 11.2 Å². The Morgan fingerprint density at radius 3 is 2.88 bits per heavy atom. The Labute approximate surface area is 150 Å². The molecule has 0 amide bonds. The maximum Gasteiger partial charge on any atom is 0.224 e. The molecule has 3 aromatic rings. The zero-order chi connectivity index (χ0) is 17.0. The summed E-state index contributed by atoms with van der Waals surface area (Å²) in [6, 6.07) is 3.97. The number of piperidine rings is 1. The molecule has 8 heteroatoms. The van der Waals surface area contributed by atoms with Gasteiger partial charge in [-0.1, -0.05) is 0 Å². The minimum atomic E-state index is 0.314. The van der Waals surface area contributed by atoms with Crippen molar-refractivity contribution in [3.8, 4) is 0 Å². The van der Waals surface area contributed by atoms with Gasteiger partial charge < -0.3 is 14.8 Å². The van der Waals surface area contributed by atoms with Gasteiger partial charge in [-0.05, 0) is 41.5 Å². The molecule has 1 saturated carbocycles. The first-order valence-electron chi connectivity index (χ1n) is 8.43. The van der Waals surface area contributed by atoms with Crippen LogP contribution in [0.2, 0.25) is 5.28 Å². The zero-order valence-corrected chi connectivity index (χ0v) is 14.6. The lowest BCUT2D eigenvalue weighted by molar-refractivity contribution is 0.625. The Balaban J connectivity index is 1.26. The smallest absolute Gasteiger partial charge is 0.224 e. The second-order valence-corrected chi connectivity index (χ2v) is 7.24. The molecule has 0 radical (unpaired) electrons. The van der Waals surface area contributed by atoms with Crippen LogP contribution in [0, 0.1) is 17.8 Å². The zero-order valence-electron chi connectivity index (χ0n) is 13.8. The number of anilines is 2. The van der Waals surface area contributed by atoms with E-state index in [1.54, 1.807) is 12.5 Å². The third-order valence-electron chi connectivity index (χ3n) is 5.49. The molecule has 1 saturated heterocycles. The normalized spacial score (nSPS) is 24.6. The average Bonchev–Trinajstić information content (AvgIpc) is 3.02. The van der Waals surface area contributed by atoms with Crippen molar-refractivity contribution in [3.63, 3.8) is 0 Å². The summed E-state index contributed by atoms with van der Waals surface area (Å²) in [5.41, 5.74) is 0.889. The molecule has 0 spiro atoms. The summed E-state index contributed by atoms with van der Waals surface area (Å²) in [6.45, 7) is 3.10. The Bertz CT molecular complexity index is 914. The average molecular weight is 356 g/mol. The Kier molecular flexibility index (Phi) is 3.31. The van der Waals surface area contributed by atoms with Crippen LogP contribution in [-0.2, 0) is 0 Å². The molecule has 4 heterocycles. The van der Waals surface area contributed by atoms with Gasteiger partial charge >= 0.3 is 0 Å². The second kappa shape index (κ2) is 5.56. The standard InChI is InChI=1S/C17H18ClN7/c1-24(16-10-2-4-19-15(10)21-9-22-16)6-11-12-7-25(8-13(11)12)14-3-5-20-17(18)23-14/h2-5,9,11-13H,6-8H2,1H3,(H,19,21,22). The number of aromatic nitrogens is 5. The highest BCUT2D eigenvalue weighted by Gasteiger charge is 2.56. The number of aromatic amines is 1. The van der Waals surface area contributed by atoms with Gasteiger partial charge in [0.2, 0.25) is 5.28 Å². The van der Waals surface area contributed by atoms with Crippen LogP contribution in [0.3, 0.4) is 0 Å². The second-order valence-electron chi connectivity index (χ2n) is 6.90. The van der Waals surface area contributed by atoms with Crippen LogP contribution in [0.15, 0.2) is 30.9 Å². The molecule has 1 aliphatic heterocycles. The van der Waals surface area contributed by atoms with Crippen molar-refractivity contribution in [2.75, 3.05) is 36.5 Å². The number of hydrogen-bond acceptors (Lipinski definition) is 6. The van der Waals surface area contributed by atoms with E-state index in [1.807, 2.05) is 18.3 Å². The van der Waals surface area contributed by atoms with E-state index in [0.717, 1.165) is 54.1 Å². The van der Waals surface area contributed by atoms with Gasteiger partial charge in [-0.2, -0.15) is 0 Å². The highest BCUT2D eigenvalue weighted by atomic mass is 35.5. The van der Waals surface area contributed by atoms with E-state index in [4.69, 9.17) is 11.6 Å². The lowest BCUT2D eigenvalue weighted by Gasteiger charge is -2.23. The van der Waals surface area contributed by atoms with Gasteiger partial charge in [0, 0.05) is 39.1 Å². The topological polar surface area (TPSA) is 73.8 Å². The number of H-pyrrole nitrogens is 1. The summed E-state index contributed by atoms with van der Waals surface area (Å²) in [4.78, 5) is 24.7. The molecule has 0 aromatic carbocycles. The highest BCUT2D eigenvalue weighted by molar-refractivity contribution is 6.28. The van der Waals surface area contributed by atoms with Crippen molar-refractivity contribution in [1.82, 2.24) is 24.9 Å². The number of fused-ring (bicyclic) bond motifs is 2. The lowest BCUT2D eigenvalue weighted by atomic mass is 10.2. The largest absolute Gasteiger partial charge is 0.359 e. The van der Waals surface area contributed by atoms with E-state index in [2.05, 4.69) is 41.8 Å². The molecule has 3 aromatic heterocycles. The van der Waals surface area contributed by atoms with E-state index in [9.17, 15) is 0 Å². The van der Waals surface area contributed by atoms with Crippen molar-refractivity contribution in [2.45, 2.75) is 0 Å². The number of halogens is 1. The molecule has 5 rings (SSSR count). The van der Waals surface area contributed by atoms with Crippen LogP contribution in [0.25, 0.3) is 11.0 Å². The van der Waals surface area contributed by atoms with Gasteiger partial charge in [-0.25, -0.2) is 19.9 Å². The first-order valence-corrected chi connectivity index (χ1v) is 8.81. The minimum absolute atomic E-state index is 0.314. The van der Waals surface area contributed by atoms with Gasteiger partial charge in [0.05, 0.1) is 5.39 Å². The van der Waals surface area contributed by atoms with Crippen LogP contribution in [0.5, 0.6) is 0 Å². The van der Waals surface area contributed by atoms with Crippen LogP contribution >= 0.6 is 11.6 Å². The summed E-state index contributed by atoms with van der Waals surface area (Å²) in [5.74, 6) is 4.09. The fourth-order valence-electron chi connectivity index (χ4n) is 4.18. The molecular formula is C17H18ClN7. The van der Waals surface area contributed by atoms with Crippen molar-refractivity contribution in [3.05, 3.63) is 36.1 Å². The summed E-state index contributed by atoms with van der Waals surface area (Å²) in [7, 11) is 2.12. The summed E-state index contributed by atoms with van der Waals surface area (Å²) < 4.78 is 0. The quantitative estimate of drug-likeness (QED) is 0.723.